The third-order valence-electron chi connectivity index (χ3n) is 3.06. The van der Waals surface area contributed by atoms with E-state index in [0.29, 0.717) is 0 Å². The molecule has 0 aliphatic carbocycles. The molecule has 0 bridgehead atoms. The largest absolute Gasteiger partial charge is 0.477 e. The molecular formula is C10H5F15O2. The lowest BCUT2D eigenvalue weighted by Crippen LogP contribution is -2.70. The van der Waals surface area contributed by atoms with Gasteiger partial charge in [0.1, 0.15) is 0 Å². The number of alkyl halides is 15. The summed E-state index contributed by atoms with van der Waals surface area (Å²) in [6.45, 7) is 0. The van der Waals surface area contributed by atoms with Gasteiger partial charge in [0, 0.05) is 12.8 Å². The number of aliphatic carboxylic acids is 1. The van der Waals surface area contributed by atoms with Gasteiger partial charge in [-0.2, -0.15) is 65.9 Å². The fraction of sp³-hybridized carbons (Fsp3) is 0.900. The Kier molecular flexibility index (Phi) is 6.11. The Balaban J connectivity index is 6.05. The van der Waals surface area contributed by atoms with E-state index in [1.54, 1.807) is 0 Å². The number of hydrogen-bond acceptors (Lipinski definition) is 1. The fourth-order valence-corrected chi connectivity index (χ4v) is 1.38. The Hall–Kier alpha value is -1.58. The quantitative estimate of drug-likeness (QED) is 0.524. The van der Waals surface area contributed by atoms with Crippen LogP contribution in [-0.4, -0.2) is 52.8 Å². The summed E-state index contributed by atoms with van der Waals surface area (Å²) in [4.78, 5) is 9.91. The lowest BCUT2D eigenvalue weighted by atomic mass is 9.91. The van der Waals surface area contributed by atoms with Gasteiger partial charge in [0.2, 0.25) is 0 Å². The van der Waals surface area contributed by atoms with Crippen LogP contribution in [-0.2, 0) is 4.79 Å². The third kappa shape index (κ3) is 3.86. The van der Waals surface area contributed by atoms with E-state index in [-0.39, 0.29) is 0 Å². The number of rotatable bonds is 8. The van der Waals surface area contributed by atoms with Crippen LogP contribution in [0.4, 0.5) is 65.9 Å². The molecule has 2 nitrogen and oxygen atoms in total. The highest BCUT2D eigenvalue weighted by Gasteiger charge is 2.90. The normalized spacial score (nSPS) is 15.8. The Bertz CT molecular complexity index is 561. The molecule has 162 valence electrons. The van der Waals surface area contributed by atoms with Crippen molar-refractivity contribution in [3.8, 4) is 0 Å². The highest BCUT2D eigenvalue weighted by Crippen LogP contribution is 2.60. The van der Waals surface area contributed by atoms with Gasteiger partial charge >= 0.3 is 47.7 Å². The first-order valence-electron chi connectivity index (χ1n) is 5.97. The zero-order valence-corrected chi connectivity index (χ0v) is 11.9. The summed E-state index contributed by atoms with van der Waals surface area (Å²) in [6.07, 6.45) is -13.7. The zero-order valence-electron chi connectivity index (χ0n) is 11.9. The van der Waals surface area contributed by atoms with Gasteiger partial charge in [-0.25, -0.2) is 4.79 Å². The summed E-state index contributed by atoms with van der Waals surface area (Å²) in [5, 5.41) is 7.85. The average molecular weight is 442 g/mol. The van der Waals surface area contributed by atoms with Crippen molar-refractivity contribution in [2.75, 3.05) is 0 Å². The minimum Gasteiger partial charge on any atom is -0.477 e. The fourth-order valence-electron chi connectivity index (χ4n) is 1.38. The second-order valence-corrected chi connectivity index (χ2v) is 5.01. The molecule has 0 rings (SSSR count). The summed E-state index contributed by atoms with van der Waals surface area (Å²) >= 11 is 0. The van der Waals surface area contributed by atoms with Crippen molar-refractivity contribution in [1.29, 1.82) is 0 Å². The summed E-state index contributed by atoms with van der Waals surface area (Å²) in [6, 6.07) is 0. The first-order valence-corrected chi connectivity index (χ1v) is 5.97. The van der Waals surface area contributed by atoms with Gasteiger partial charge in [-0.1, -0.05) is 0 Å². The number of carbonyl (C=O) groups is 1. The number of hydrogen-bond donors (Lipinski definition) is 1. The highest BCUT2D eigenvalue weighted by atomic mass is 19.4. The van der Waals surface area contributed by atoms with Gasteiger partial charge in [0.25, 0.3) is 0 Å². The van der Waals surface area contributed by atoms with Gasteiger partial charge in [-0.15, -0.1) is 0 Å². The smallest absolute Gasteiger partial charge is 0.460 e. The molecule has 0 radical (unpaired) electrons. The van der Waals surface area contributed by atoms with Crippen LogP contribution in [0, 0.1) is 0 Å². The molecule has 0 aliphatic rings. The topological polar surface area (TPSA) is 37.3 Å². The van der Waals surface area contributed by atoms with Crippen molar-refractivity contribution in [1.82, 2.24) is 0 Å². The molecule has 0 saturated heterocycles. The van der Waals surface area contributed by atoms with E-state index < -0.39 is 60.5 Å². The van der Waals surface area contributed by atoms with Gasteiger partial charge in [-0.3, -0.25) is 0 Å². The van der Waals surface area contributed by atoms with E-state index in [4.69, 9.17) is 5.11 Å². The summed E-state index contributed by atoms with van der Waals surface area (Å²) < 4.78 is 189. The van der Waals surface area contributed by atoms with Crippen LogP contribution in [0.15, 0.2) is 0 Å². The van der Waals surface area contributed by atoms with Crippen molar-refractivity contribution in [2.24, 2.45) is 0 Å². The van der Waals surface area contributed by atoms with Crippen LogP contribution in [0.5, 0.6) is 0 Å². The summed E-state index contributed by atoms with van der Waals surface area (Å²) in [7, 11) is 0. The van der Waals surface area contributed by atoms with Crippen LogP contribution < -0.4 is 0 Å². The molecule has 0 aromatic rings. The molecule has 0 amide bonds. The van der Waals surface area contributed by atoms with Crippen molar-refractivity contribution in [3.63, 3.8) is 0 Å². The third-order valence-corrected chi connectivity index (χ3v) is 3.06. The second kappa shape index (κ2) is 6.49. The average Bonchev–Trinajstić information content (AvgIpc) is 2.43. The Labute approximate surface area is 137 Å². The van der Waals surface area contributed by atoms with Crippen molar-refractivity contribution >= 4 is 5.97 Å². The van der Waals surface area contributed by atoms with E-state index >= 15 is 0 Å². The predicted molar refractivity (Wildman–Crippen MR) is 52.6 cm³/mol. The van der Waals surface area contributed by atoms with Gasteiger partial charge in [0.15, 0.2) is 0 Å². The molecule has 0 heterocycles. The maximum absolute atomic E-state index is 13.1. The molecule has 0 atom stereocenters. The minimum atomic E-state index is -8.14. The van der Waals surface area contributed by atoms with E-state index in [2.05, 4.69) is 0 Å². The Morgan fingerprint density at radius 2 is 0.889 bits per heavy atom. The van der Waals surface area contributed by atoms with Crippen molar-refractivity contribution in [2.45, 2.75) is 54.6 Å². The van der Waals surface area contributed by atoms with E-state index in [1.807, 2.05) is 0 Å². The van der Waals surface area contributed by atoms with Crippen LogP contribution in [0.1, 0.15) is 12.8 Å². The number of carboxylic acid groups (broad SMARTS) is 1. The standard InChI is InChI=1S/C10H5F15O2/c11-4(12,3(26)27)1-2-5(13,14)6(15,16)7(17,18)8(19,20)9(21,22)10(23,24)25/h1-2H2,(H,26,27). The summed E-state index contributed by atoms with van der Waals surface area (Å²) in [5.74, 6) is -47.1. The monoisotopic (exact) mass is 442 g/mol. The highest BCUT2D eigenvalue weighted by molar-refractivity contribution is 5.75. The zero-order chi connectivity index (χ0) is 22.5. The van der Waals surface area contributed by atoms with Gasteiger partial charge in [0.05, 0.1) is 0 Å². The predicted octanol–water partition coefficient (Wildman–Crippen LogP) is 5.23. The maximum atomic E-state index is 13.1. The van der Waals surface area contributed by atoms with Crippen LogP contribution >= 0.6 is 0 Å². The molecule has 17 heteroatoms. The van der Waals surface area contributed by atoms with Crippen LogP contribution in [0.25, 0.3) is 0 Å². The summed E-state index contributed by atoms with van der Waals surface area (Å²) in [5.41, 5.74) is 0. The number of halogens is 15. The minimum absolute atomic E-state index is 2.86. The Morgan fingerprint density at radius 1 is 0.556 bits per heavy atom. The molecule has 0 aliphatic heterocycles. The second-order valence-electron chi connectivity index (χ2n) is 5.01. The van der Waals surface area contributed by atoms with E-state index in [9.17, 15) is 70.7 Å². The molecule has 0 saturated carbocycles. The first kappa shape index (κ1) is 25.4. The first-order chi connectivity index (χ1) is 11.4. The van der Waals surface area contributed by atoms with E-state index in [1.165, 1.54) is 0 Å². The molecule has 0 aromatic heterocycles. The molecule has 0 fully saturated rings. The van der Waals surface area contributed by atoms with Gasteiger partial charge < -0.3 is 5.11 Å². The van der Waals surface area contributed by atoms with Crippen molar-refractivity contribution in [3.05, 3.63) is 0 Å². The molecule has 1 N–H and O–H groups in total. The Morgan fingerprint density at radius 3 is 1.19 bits per heavy atom. The molecule has 0 aromatic carbocycles. The van der Waals surface area contributed by atoms with E-state index in [0.717, 1.165) is 0 Å². The molecule has 0 unspecified atom stereocenters. The maximum Gasteiger partial charge on any atom is 0.460 e. The van der Waals surface area contributed by atoms with Gasteiger partial charge in [-0.05, 0) is 0 Å². The lowest BCUT2D eigenvalue weighted by molar-refractivity contribution is -0.440. The van der Waals surface area contributed by atoms with Crippen LogP contribution in [0.2, 0.25) is 0 Å². The molecule has 0 spiro atoms. The molecule has 27 heavy (non-hydrogen) atoms. The van der Waals surface area contributed by atoms with Crippen molar-refractivity contribution < 1.29 is 75.8 Å². The SMILES string of the molecule is O=C(O)C(F)(F)CCC(F)(F)C(F)(F)C(F)(F)C(F)(F)C(F)(F)C(F)(F)F. The molecular weight excluding hydrogens is 437 g/mol. The van der Waals surface area contributed by atoms with Crippen LogP contribution in [0.3, 0.4) is 0 Å². The lowest BCUT2D eigenvalue weighted by Gasteiger charge is -2.39. The number of carboxylic acids is 1.